The highest BCUT2D eigenvalue weighted by atomic mass is 32.2. The molecule has 5 N–H and O–H groups in total. The van der Waals surface area contributed by atoms with Gasteiger partial charge in [0.1, 0.15) is 0 Å². The number of carbonyl (C=O) groups is 1. The zero-order valence-electron chi connectivity index (χ0n) is 14.8. The monoisotopic (exact) mass is 391 g/mol. The number of nitrogens with two attached hydrogens (primary N) is 1. The smallest absolute Gasteiger partial charge is 0.319 e. The van der Waals surface area contributed by atoms with E-state index >= 15 is 0 Å². The summed E-state index contributed by atoms with van der Waals surface area (Å²) < 4.78 is 26.9. The van der Waals surface area contributed by atoms with Crippen LogP contribution in [0, 0.1) is 5.92 Å². The first-order chi connectivity index (χ1) is 13.0. The van der Waals surface area contributed by atoms with Crippen LogP contribution in [0.5, 0.6) is 0 Å². The lowest BCUT2D eigenvalue weighted by molar-refractivity contribution is -0.664. The largest absolute Gasteiger partial charge is 0.346 e. The maximum atomic E-state index is 12.3. The van der Waals surface area contributed by atoms with Crippen molar-refractivity contribution in [1.29, 1.82) is 0 Å². The second-order valence-electron chi connectivity index (χ2n) is 6.35. The number of amides is 2. The Morgan fingerprint density at radius 3 is 2.44 bits per heavy atom. The molecule has 2 heterocycles. The van der Waals surface area contributed by atoms with E-state index in [1.807, 2.05) is 0 Å². The van der Waals surface area contributed by atoms with Gasteiger partial charge in [0.2, 0.25) is 5.95 Å². The molecule has 0 atom stereocenters. The van der Waals surface area contributed by atoms with Crippen molar-refractivity contribution in [2.75, 3.05) is 29.7 Å². The van der Waals surface area contributed by atoms with E-state index in [1.54, 1.807) is 6.07 Å². The standard InChI is InChI=1S/C17H22N6O3S/c24-17(21-12-13-6-10-18-11-7-13)22-14-2-4-15(5-3-14)27(25,26)23-16-19-8-1-9-20-16/h1-5,8-9,13,18H,6-7,10-12H2,(H,19,20,23)(H2,21,22,24)/p+1. The molecule has 0 unspecified atom stereocenters. The van der Waals surface area contributed by atoms with E-state index in [2.05, 4.69) is 30.6 Å². The molecule has 0 radical (unpaired) electrons. The number of anilines is 2. The second kappa shape index (κ2) is 8.78. The predicted molar refractivity (Wildman–Crippen MR) is 101 cm³/mol. The highest BCUT2D eigenvalue weighted by Crippen LogP contribution is 2.16. The summed E-state index contributed by atoms with van der Waals surface area (Å²) in [4.78, 5) is 19.7. The molecule has 1 aliphatic heterocycles. The van der Waals surface area contributed by atoms with Gasteiger partial charge >= 0.3 is 6.03 Å². The molecule has 3 rings (SSSR count). The Labute approximate surface area is 158 Å². The number of hydrogen-bond donors (Lipinski definition) is 4. The van der Waals surface area contributed by atoms with Gasteiger partial charge in [0, 0.05) is 37.5 Å². The van der Waals surface area contributed by atoms with Gasteiger partial charge in [-0.1, -0.05) is 0 Å². The lowest BCUT2D eigenvalue weighted by Crippen LogP contribution is -2.86. The Kier molecular flexibility index (Phi) is 6.20. The highest BCUT2D eigenvalue weighted by molar-refractivity contribution is 7.92. The maximum Gasteiger partial charge on any atom is 0.319 e. The first kappa shape index (κ1) is 19.1. The number of nitrogens with zero attached hydrogens (tertiary/aromatic N) is 2. The van der Waals surface area contributed by atoms with Crippen LogP contribution in [0.25, 0.3) is 0 Å². The third kappa shape index (κ3) is 5.63. The van der Waals surface area contributed by atoms with Crippen molar-refractivity contribution in [2.45, 2.75) is 17.7 Å². The molecular formula is C17H23N6O3S+. The fourth-order valence-electron chi connectivity index (χ4n) is 2.86. The number of urea groups is 1. The lowest BCUT2D eigenvalue weighted by atomic mass is 9.98. The summed E-state index contributed by atoms with van der Waals surface area (Å²) in [6.45, 7) is 2.85. The molecule has 0 saturated carbocycles. The quantitative estimate of drug-likeness (QED) is 0.565. The van der Waals surface area contributed by atoms with Gasteiger partial charge in [0.25, 0.3) is 10.0 Å². The Bertz CT molecular complexity index is 852. The van der Waals surface area contributed by atoms with Gasteiger partial charge in [0.15, 0.2) is 0 Å². The number of nitrogens with one attached hydrogen (secondary N) is 3. The number of quaternary nitrogens is 1. The molecule has 2 amide bonds. The number of hydrogen-bond acceptors (Lipinski definition) is 5. The fraction of sp³-hybridized carbons (Fsp3) is 0.353. The molecule has 10 heteroatoms. The van der Waals surface area contributed by atoms with Crippen molar-refractivity contribution in [3.05, 3.63) is 42.7 Å². The van der Waals surface area contributed by atoms with Crippen LogP contribution < -0.4 is 20.7 Å². The van der Waals surface area contributed by atoms with Gasteiger partial charge in [-0.15, -0.1) is 0 Å². The van der Waals surface area contributed by atoms with E-state index in [-0.39, 0.29) is 16.9 Å². The molecule has 1 aliphatic rings. The van der Waals surface area contributed by atoms with Crippen LogP contribution in [-0.2, 0) is 10.0 Å². The van der Waals surface area contributed by atoms with Crippen LogP contribution >= 0.6 is 0 Å². The zero-order chi connectivity index (χ0) is 19.1. The lowest BCUT2D eigenvalue weighted by Gasteiger charge is -2.20. The average molecular weight is 391 g/mol. The topological polar surface area (TPSA) is 130 Å². The minimum atomic E-state index is -3.79. The van der Waals surface area contributed by atoms with E-state index in [1.165, 1.54) is 36.7 Å². The number of aromatic nitrogens is 2. The molecule has 2 aromatic rings. The highest BCUT2D eigenvalue weighted by Gasteiger charge is 2.17. The Balaban J connectivity index is 1.54. The van der Waals surface area contributed by atoms with Crippen molar-refractivity contribution in [2.24, 2.45) is 5.92 Å². The molecule has 27 heavy (non-hydrogen) atoms. The van der Waals surface area contributed by atoms with Crippen LogP contribution in [0.4, 0.5) is 16.4 Å². The SMILES string of the molecule is O=C(NCC1CC[NH2+]CC1)Nc1ccc(S(=O)(=O)Nc2ncccn2)cc1. The van der Waals surface area contributed by atoms with Crippen molar-refractivity contribution >= 4 is 27.7 Å². The zero-order valence-corrected chi connectivity index (χ0v) is 15.6. The van der Waals surface area contributed by atoms with Gasteiger partial charge in [-0.05, 0) is 36.2 Å². The predicted octanol–water partition coefficient (Wildman–Crippen LogP) is 0.372. The maximum absolute atomic E-state index is 12.3. The number of piperidine rings is 1. The molecule has 1 saturated heterocycles. The Morgan fingerprint density at radius 2 is 1.78 bits per heavy atom. The summed E-state index contributed by atoms with van der Waals surface area (Å²) in [5, 5.41) is 7.86. The number of rotatable bonds is 6. The fourth-order valence-corrected chi connectivity index (χ4v) is 3.82. The minimum absolute atomic E-state index is 0.000563. The van der Waals surface area contributed by atoms with E-state index in [9.17, 15) is 13.2 Å². The normalized spacial score (nSPS) is 15.1. The third-order valence-electron chi connectivity index (χ3n) is 4.32. The summed E-state index contributed by atoms with van der Waals surface area (Å²) in [6, 6.07) is 7.20. The van der Waals surface area contributed by atoms with E-state index in [0.29, 0.717) is 18.2 Å². The van der Waals surface area contributed by atoms with Crippen LogP contribution in [0.1, 0.15) is 12.8 Å². The van der Waals surface area contributed by atoms with Gasteiger partial charge < -0.3 is 16.0 Å². The Hall–Kier alpha value is -2.72. The molecular weight excluding hydrogens is 368 g/mol. The molecule has 1 fully saturated rings. The molecule has 0 spiro atoms. The van der Waals surface area contributed by atoms with E-state index in [4.69, 9.17) is 0 Å². The molecule has 1 aromatic heterocycles. The van der Waals surface area contributed by atoms with Crippen LogP contribution in [0.15, 0.2) is 47.6 Å². The summed E-state index contributed by atoms with van der Waals surface area (Å²) in [5.41, 5.74) is 0.513. The number of carbonyl (C=O) groups excluding carboxylic acids is 1. The van der Waals surface area contributed by atoms with Gasteiger partial charge in [-0.2, -0.15) is 0 Å². The van der Waals surface area contributed by atoms with E-state index in [0.717, 1.165) is 25.9 Å². The summed E-state index contributed by atoms with van der Waals surface area (Å²) in [6.07, 6.45) is 5.10. The molecule has 144 valence electrons. The van der Waals surface area contributed by atoms with Gasteiger partial charge in [0.05, 0.1) is 18.0 Å². The first-order valence-corrected chi connectivity index (χ1v) is 10.3. The van der Waals surface area contributed by atoms with Crippen LogP contribution in [0.3, 0.4) is 0 Å². The van der Waals surface area contributed by atoms with Crippen LogP contribution in [0.2, 0.25) is 0 Å². The molecule has 0 aliphatic carbocycles. The minimum Gasteiger partial charge on any atom is -0.346 e. The Morgan fingerprint density at radius 1 is 1.11 bits per heavy atom. The van der Waals surface area contributed by atoms with Gasteiger partial charge in [-0.25, -0.2) is 27.9 Å². The summed E-state index contributed by atoms with van der Waals surface area (Å²) in [7, 11) is -3.79. The summed E-state index contributed by atoms with van der Waals surface area (Å²) in [5.74, 6) is 0.513. The van der Waals surface area contributed by atoms with Crippen LogP contribution in [-0.4, -0.2) is 44.1 Å². The van der Waals surface area contributed by atoms with Crippen molar-refractivity contribution in [3.63, 3.8) is 0 Å². The van der Waals surface area contributed by atoms with E-state index < -0.39 is 10.0 Å². The van der Waals surface area contributed by atoms with Crippen molar-refractivity contribution in [1.82, 2.24) is 15.3 Å². The number of sulfonamides is 1. The third-order valence-corrected chi connectivity index (χ3v) is 5.67. The molecule has 0 bridgehead atoms. The number of benzene rings is 1. The van der Waals surface area contributed by atoms with Crippen molar-refractivity contribution in [3.8, 4) is 0 Å². The first-order valence-electron chi connectivity index (χ1n) is 8.79. The van der Waals surface area contributed by atoms with Crippen molar-refractivity contribution < 1.29 is 18.5 Å². The summed E-state index contributed by atoms with van der Waals surface area (Å²) >= 11 is 0. The molecule has 9 nitrogen and oxygen atoms in total. The van der Waals surface area contributed by atoms with Gasteiger partial charge in [-0.3, -0.25) is 0 Å². The molecule has 1 aromatic carbocycles. The second-order valence-corrected chi connectivity index (χ2v) is 8.03. The average Bonchev–Trinajstić information content (AvgIpc) is 2.68.